The summed E-state index contributed by atoms with van der Waals surface area (Å²) in [7, 11) is -4.00. The first-order valence-corrected chi connectivity index (χ1v) is 13.7. The molecular weight excluding hydrogens is 505 g/mol. The monoisotopic (exact) mass is 532 g/mol. The number of benzene rings is 2. The lowest BCUT2D eigenvalue weighted by Gasteiger charge is -2.29. The van der Waals surface area contributed by atoms with Gasteiger partial charge < -0.3 is 4.90 Å². The number of carbonyl (C=O) groups excluding carboxylic acids is 1. The number of rotatable bonds is 8. The molecule has 1 aromatic heterocycles. The molecule has 0 bridgehead atoms. The molecule has 0 aliphatic heterocycles. The van der Waals surface area contributed by atoms with E-state index in [2.05, 4.69) is 4.98 Å². The van der Waals surface area contributed by atoms with Crippen molar-refractivity contribution in [3.8, 4) is 0 Å². The molecule has 0 saturated heterocycles. The molecule has 4 rings (SSSR count). The van der Waals surface area contributed by atoms with E-state index in [1.165, 1.54) is 16.5 Å². The largest absolute Gasteiger partial charge is 0.433 e. The Morgan fingerprint density at radius 1 is 1.03 bits per heavy atom. The van der Waals surface area contributed by atoms with Crippen LogP contribution in [0.3, 0.4) is 0 Å². The highest BCUT2D eigenvalue weighted by Gasteiger charge is 2.33. The minimum Gasteiger partial charge on any atom is -0.309 e. The van der Waals surface area contributed by atoms with Crippen LogP contribution in [0, 0.1) is 0 Å². The van der Waals surface area contributed by atoms with Crippen LogP contribution in [0.1, 0.15) is 46.9 Å². The fourth-order valence-corrected chi connectivity index (χ4v) is 4.96. The third-order valence-corrected chi connectivity index (χ3v) is 6.79. The molecule has 0 radical (unpaired) electrons. The summed E-state index contributed by atoms with van der Waals surface area (Å²) in [5, 5.41) is 0. The van der Waals surface area contributed by atoms with Gasteiger partial charge in [0.15, 0.2) is 6.10 Å². The number of nitrogens with zero attached hydrogens (tertiary/aromatic N) is 2. The van der Waals surface area contributed by atoms with E-state index in [0.29, 0.717) is 16.8 Å². The number of pyridine rings is 1. The highest BCUT2D eigenvalue weighted by molar-refractivity contribution is 7.86. The van der Waals surface area contributed by atoms with Gasteiger partial charge in [-0.2, -0.15) is 21.6 Å². The Labute approximate surface area is 214 Å². The number of aryl methyl sites for hydroxylation is 2. The van der Waals surface area contributed by atoms with Crippen molar-refractivity contribution in [1.82, 2.24) is 4.98 Å². The van der Waals surface area contributed by atoms with Gasteiger partial charge in [0, 0.05) is 18.4 Å². The second kappa shape index (κ2) is 11.0. The molecule has 0 N–H and O–H groups in total. The molecule has 0 spiro atoms. The second-order valence-electron chi connectivity index (χ2n) is 9.04. The van der Waals surface area contributed by atoms with E-state index in [-0.39, 0.29) is 13.0 Å². The van der Waals surface area contributed by atoms with Crippen molar-refractivity contribution in [1.29, 1.82) is 0 Å². The number of fused-ring (bicyclic) bond motifs is 1. The number of halogens is 3. The zero-order valence-corrected chi connectivity index (χ0v) is 21.1. The van der Waals surface area contributed by atoms with Gasteiger partial charge in [-0.1, -0.05) is 42.5 Å². The summed E-state index contributed by atoms with van der Waals surface area (Å²) in [6.07, 6.45) is 0.204. The predicted octanol–water partition coefficient (Wildman–Crippen LogP) is 5.27. The third kappa shape index (κ3) is 6.95. The topological polar surface area (TPSA) is 76.6 Å². The average Bonchev–Trinajstić information content (AvgIpc) is 2.87. The maximum absolute atomic E-state index is 13.9. The SMILES string of the molecule is CS(=O)(=O)O[C@@H](C(=O)N(CCc1ccc(C(F)(F)F)nc1)c1ccc2c(c1)CCCC2)c1ccccc1. The standard InChI is InChI=1S/C27H27F3N2O4S/c1-37(34,35)36-25(21-8-3-2-4-9-21)26(33)32(23-13-12-20-7-5-6-10-22(20)17-23)16-15-19-11-14-24(31-18-19)27(28,29)30/h2-4,8-9,11-14,17-18,25H,5-7,10,15-16H2,1H3/t25-/m1/s1. The average molecular weight is 533 g/mol. The number of hydrogen-bond acceptors (Lipinski definition) is 5. The van der Waals surface area contributed by atoms with E-state index in [9.17, 15) is 26.4 Å². The fraction of sp³-hybridized carbons (Fsp3) is 0.333. The number of anilines is 1. The molecule has 10 heteroatoms. The van der Waals surface area contributed by atoms with Gasteiger partial charge in [-0.3, -0.25) is 14.0 Å². The molecule has 1 atom stereocenters. The maximum Gasteiger partial charge on any atom is 0.433 e. The lowest BCUT2D eigenvalue weighted by Crippen LogP contribution is -2.38. The van der Waals surface area contributed by atoms with E-state index in [0.717, 1.165) is 49.8 Å². The van der Waals surface area contributed by atoms with Crippen LogP contribution in [0.2, 0.25) is 0 Å². The highest BCUT2D eigenvalue weighted by Crippen LogP contribution is 2.31. The lowest BCUT2D eigenvalue weighted by atomic mass is 9.91. The van der Waals surface area contributed by atoms with E-state index in [1.807, 2.05) is 18.2 Å². The molecule has 0 unspecified atom stereocenters. The number of carbonyl (C=O) groups is 1. The Morgan fingerprint density at radius 2 is 1.73 bits per heavy atom. The second-order valence-corrected chi connectivity index (χ2v) is 10.6. The van der Waals surface area contributed by atoms with E-state index in [4.69, 9.17) is 4.18 Å². The van der Waals surface area contributed by atoms with Crippen LogP contribution >= 0.6 is 0 Å². The highest BCUT2D eigenvalue weighted by atomic mass is 32.2. The van der Waals surface area contributed by atoms with Crippen molar-refractivity contribution >= 4 is 21.7 Å². The molecule has 0 saturated carbocycles. The van der Waals surface area contributed by atoms with E-state index < -0.39 is 34.0 Å². The molecule has 196 valence electrons. The maximum atomic E-state index is 13.9. The summed E-state index contributed by atoms with van der Waals surface area (Å²) in [5.74, 6) is -0.591. The fourth-order valence-electron chi connectivity index (χ4n) is 4.42. The van der Waals surface area contributed by atoms with Gasteiger partial charge >= 0.3 is 6.18 Å². The van der Waals surface area contributed by atoms with Crippen LogP contribution in [-0.4, -0.2) is 32.1 Å². The number of alkyl halides is 3. The van der Waals surface area contributed by atoms with Crippen molar-refractivity contribution < 1.29 is 30.6 Å². The summed E-state index contributed by atoms with van der Waals surface area (Å²) in [4.78, 5) is 18.8. The van der Waals surface area contributed by atoms with Crippen molar-refractivity contribution in [2.75, 3.05) is 17.7 Å². The lowest BCUT2D eigenvalue weighted by molar-refractivity contribution is -0.141. The minimum absolute atomic E-state index is 0.0844. The van der Waals surface area contributed by atoms with E-state index in [1.54, 1.807) is 30.3 Å². The van der Waals surface area contributed by atoms with Crippen molar-refractivity contribution in [2.24, 2.45) is 0 Å². The molecule has 0 fully saturated rings. The number of hydrogen-bond donors (Lipinski definition) is 0. The zero-order valence-electron chi connectivity index (χ0n) is 20.2. The molecule has 1 aliphatic rings. The Bertz CT molecular complexity index is 1340. The normalized spacial score (nSPS) is 14.6. The summed E-state index contributed by atoms with van der Waals surface area (Å²) in [6, 6.07) is 16.3. The van der Waals surface area contributed by atoms with Gasteiger partial charge in [0.2, 0.25) is 0 Å². The van der Waals surface area contributed by atoms with Crippen LogP contribution in [0.25, 0.3) is 0 Å². The van der Waals surface area contributed by atoms with Gasteiger partial charge in [0.25, 0.3) is 16.0 Å². The van der Waals surface area contributed by atoms with Crippen LogP contribution < -0.4 is 4.90 Å². The number of aromatic nitrogens is 1. The third-order valence-electron chi connectivity index (χ3n) is 6.25. The summed E-state index contributed by atoms with van der Waals surface area (Å²) >= 11 is 0. The molecule has 2 aromatic carbocycles. The minimum atomic E-state index is -4.55. The predicted molar refractivity (Wildman–Crippen MR) is 133 cm³/mol. The first-order chi connectivity index (χ1) is 17.5. The molecule has 6 nitrogen and oxygen atoms in total. The van der Waals surface area contributed by atoms with Gasteiger partial charge in [-0.15, -0.1) is 0 Å². The molecular formula is C27H27F3N2O4S. The molecule has 1 amide bonds. The smallest absolute Gasteiger partial charge is 0.309 e. The first kappa shape index (κ1) is 26.8. The van der Waals surface area contributed by atoms with Gasteiger partial charge in [0.05, 0.1) is 6.26 Å². The Morgan fingerprint density at radius 3 is 2.35 bits per heavy atom. The molecule has 37 heavy (non-hydrogen) atoms. The summed E-state index contributed by atoms with van der Waals surface area (Å²) in [5.41, 5.74) is 2.79. The molecule has 3 aromatic rings. The van der Waals surface area contributed by atoms with Crippen molar-refractivity contribution in [3.05, 3.63) is 94.8 Å². The van der Waals surface area contributed by atoms with Gasteiger partial charge in [0.1, 0.15) is 5.69 Å². The van der Waals surface area contributed by atoms with E-state index >= 15 is 0 Å². The van der Waals surface area contributed by atoms with Crippen LogP contribution in [-0.2, 0) is 44.5 Å². The van der Waals surface area contributed by atoms with Gasteiger partial charge in [-0.05, 0) is 72.6 Å². The molecule has 1 aliphatic carbocycles. The first-order valence-electron chi connectivity index (χ1n) is 11.9. The van der Waals surface area contributed by atoms with Crippen LogP contribution in [0.5, 0.6) is 0 Å². The van der Waals surface area contributed by atoms with Crippen molar-refractivity contribution in [2.45, 2.75) is 44.4 Å². The summed E-state index contributed by atoms with van der Waals surface area (Å²) < 4.78 is 68.1. The summed E-state index contributed by atoms with van der Waals surface area (Å²) in [6.45, 7) is 0.0844. The zero-order chi connectivity index (χ0) is 26.6. The number of amides is 1. The van der Waals surface area contributed by atoms with Crippen molar-refractivity contribution in [3.63, 3.8) is 0 Å². The Kier molecular flexibility index (Phi) is 7.99. The Hall–Kier alpha value is -3.24. The quantitative estimate of drug-likeness (QED) is 0.370. The van der Waals surface area contributed by atoms with Crippen LogP contribution in [0.4, 0.5) is 18.9 Å². The Balaban J connectivity index is 1.68. The van der Waals surface area contributed by atoms with Gasteiger partial charge in [-0.25, -0.2) is 0 Å². The van der Waals surface area contributed by atoms with Crippen LogP contribution in [0.15, 0.2) is 66.9 Å². The molecule has 1 heterocycles.